The van der Waals surface area contributed by atoms with Crippen LogP contribution in [0, 0.1) is 6.92 Å². The van der Waals surface area contributed by atoms with Crippen LogP contribution in [-0.2, 0) is 6.18 Å². The van der Waals surface area contributed by atoms with Crippen LogP contribution in [0.15, 0.2) is 18.3 Å². The Morgan fingerprint density at radius 3 is 2.52 bits per heavy atom. The summed E-state index contributed by atoms with van der Waals surface area (Å²) < 4.78 is 43.2. The molecule has 2 N–H and O–H groups in total. The molecule has 5 nitrogen and oxygen atoms in total. The topological polar surface area (TPSA) is 78.1 Å². The molecule has 1 heterocycles. The molecule has 2 aromatic rings. The Kier molecular flexibility index (Phi) is 4.67. The second-order valence-electron chi connectivity index (χ2n) is 4.38. The molecule has 0 amide bonds. The van der Waals surface area contributed by atoms with Crippen molar-refractivity contribution in [3.05, 3.63) is 45.5 Å². The van der Waals surface area contributed by atoms with Gasteiger partial charge in [-0.2, -0.15) is 13.2 Å². The maximum absolute atomic E-state index is 12.8. The van der Waals surface area contributed by atoms with Crippen molar-refractivity contribution in [1.29, 1.82) is 0 Å². The normalized spacial score (nSPS) is 11.4. The molecule has 0 saturated carbocycles. The van der Waals surface area contributed by atoms with Gasteiger partial charge < -0.3 is 10.5 Å². The molecule has 0 radical (unpaired) electrons. The van der Waals surface area contributed by atoms with Crippen LogP contribution in [0.25, 0.3) is 0 Å². The van der Waals surface area contributed by atoms with Gasteiger partial charge in [0.25, 0.3) is 0 Å². The smallest absolute Gasteiger partial charge is 0.420 e. The molecule has 0 saturated heterocycles. The van der Waals surface area contributed by atoms with Crippen molar-refractivity contribution in [2.75, 3.05) is 5.73 Å². The van der Waals surface area contributed by atoms with E-state index in [1.807, 2.05) is 0 Å². The number of carbonyl (C=O) groups is 1. The number of carbonyl (C=O) groups excluding carboxylic acids is 1. The largest absolute Gasteiger partial charge is 0.435 e. The van der Waals surface area contributed by atoms with Crippen molar-refractivity contribution in [2.45, 2.75) is 13.1 Å². The van der Waals surface area contributed by atoms with Crippen LogP contribution in [-0.4, -0.2) is 15.9 Å². The summed E-state index contributed by atoms with van der Waals surface area (Å²) in [5.41, 5.74) is 3.42. The number of anilines is 1. The van der Waals surface area contributed by atoms with Gasteiger partial charge in [0, 0.05) is 6.07 Å². The first-order valence-electron chi connectivity index (χ1n) is 5.97. The minimum atomic E-state index is -4.74. The van der Waals surface area contributed by atoms with Gasteiger partial charge in [-0.1, -0.05) is 23.2 Å². The molecule has 1 aromatic heterocycles. The fourth-order valence-corrected chi connectivity index (χ4v) is 1.95. The molecular formula is C13H8Cl2F3N3O2. The Balaban J connectivity index is 2.34. The lowest BCUT2D eigenvalue weighted by Gasteiger charge is -2.11. The summed E-state index contributed by atoms with van der Waals surface area (Å²) >= 11 is 11.6. The summed E-state index contributed by atoms with van der Waals surface area (Å²) in [6.07, 6.45) is -3.87. The summed E-state index contributed by atoms with van der Waals surface area (Å²) in [6, 6.07) is 2.41. The highest BCUT2D eigenvalue weighted by Crippen LogP contribution is 2.33. The molecule has 0 unspecified atom stereocenters. The average Bonchev–Trinajstić information content (AvgIpc) is 2.43. The first-order valence-corrected chi connectivity index (χ1v) is 6.72. The molecule has 0 atom stereocenters. The molecule has 0 fully saturated rings. The van der Waals surface area contributed by atoms with Gasteiger partial charge in [-0.15, -0.1) is 0 Å². The number of aromatic nitrogens is 2. The van der Waals surface area contributed by atoms with Crippen molar-refractivity contribution in [3.63, 3.8) is 0 Å². The van der Waals surface area contributed by atoms with Gasteiger partial charge in [-0.05, 0) is 13.0 Å². The van der Waals surface area contributed by atoms with Crippen LogP contribution in [0.2, 0.25) is 10.0 Å². The number of hydrogen-bond donors (Lipinski definition) is 1. The van der Waals surface area contributed by atoms with Crippen LogP contribution in [0.5, 0.6) is 5.75 Å². The molecule has 23 heavy (non-hydrogen) atoms. The zero-order valence-electron chi connectivity index (χ0n) is 11.4. The SMILES string of the molecule is Cc1ncc(C(=O)Oc2cc(Cl)c(N)cc2Cl)nc1C(F)(F)F. The highest BCUT2D eigenvalue weighted by atomic mass is 35.5. The van der Waals surface area contributed by atoms with E-state index in [2.05, 4.69) is 9.97 Å². The van der Waals surface area contributed by atoms with Gasteiger partial charge in [-0.25, -0.2) is 9.78 Å². The lowest BCUT2D eigenvalue weighted by Crippen LogP contribution is -2.18. The van der Waals surface area contributed by atoms with E-state index in [4.69, 9.17) is 33.7 Å². The fourth-order valence-electron chi connectivity index (χ4n) is 1.59. The number of benzene rings is 1. The number of aryl methyl sites for hydroxylation is 1. The Morgan fingerprint density at radius 1 is 1.26 bits per heavy atom. The standard InChI is InChI=1S/C13H8Cl2F3N3O2/c1-5-11(13(16,17)18)21-9(4-20-5)12(22)23-10-3-6(14)8(19)2-7(10)15/h2-4H,19H2,1H3. The van der Waals surface area contributed by atoms with Gasteiger partial charge in [-0.3, -0.25) is 4.98 Å². The van der Waals surface area contributed by atoms with Crippen molar-refractivity contribution in [1.82, 2.24) is 9.97 Å². The van der Waals surface area contributed by atoms with Gasteiger partial charge in [0.2, 0.25) is 0 Å². The van der Waals surface area contributed by atoms with Crippen molar-refractivity contribution >= 4 is 34.9 Å². The van der Waals surface area contributed by atoms with E-state index in [1.54, 1.807) is 0 Å². The third kappa shape index (κ3) is 3.83. The predicted molar refractivity (Wildman–Crippen MR) is 77.6 cm³/mol. The minimum Gasteiger partial charge on any atom is -0.420 e. The molecule has 0 aliphatic rings. The summed E-state index contributed by atoms with van der Waals surface area (Å²) in [5.74, 6) is -1.32. The maximum Gasteiger partial charge on any atom is 0.435 e. The summed E-state index contributed by atoms with van der Waals surface area (Å²) in [4.78, 5) is 18.7. The van der Waals surface area contributed by atoms with E-state index in [-0.39, 0.29) is 27.2 Å². The van der Waals surface area contributed by atoms with Gasteiger partial charge in [0.05, 0.1) is 27.6 Å². The molecule has 122 valence electrons. The van der Waals surface area contributed by atoms with E-state index in [1.165, 1.54) is 12.1 Å². The predicted octanol–water partition coefficient (Wildman–Crippen LogP) is 3.91. The lowest BCUT2D eigenvalue weighted by molar-refractivity contribution is -0.142. The molecule has 1 aromatic carbocycles. The maximum atomic E-state index is 12.8. The van der Waals surface area contributed by atoms with Crippen molar-refractivity contribution < 1.29 is 22.7 Å². The highest BCUT2D eigenvalue weighted by molar-refractivity contribution is 6.36. The number of nitrogen functional groups attached to an aromatic ring is 1. The van der Waals surface area contributed by atoms with Crippen LogP contribution in [0.4, 0.5) is 18.9 Å². The highest BCUT2D eigenvalue weighted by Gasteiger charge is 2.36. The molecule has 0 bridgehead atoms. The average molecular weight is 366 g/mol. The van der Waals surface area contributed by atoms with Crippen LogP contribution < -0.4 is 10.5 Å². The number of halogens is 5. The number of ether oxygens (including phenoxy) is 1. The summed E-state index contributed by atoms with van der Waals surface area (Å²) in [6.45, 7) is 1.13. The van der Waals surface area contributed by atoms with Crippen molar-refractivity contribution in [3.8, 4) is 5.75 Å². The molecular weight excluding hydrogens is 358 g/mol. The Labute approximate surface area is 138 Å². The first kappa shape index (κ1) is 17.3. The number of nitrogens with zero attached hydrogens (tertiary/aromatic N) is 2. The van der Waals surface area contributed by atoms with Crippen molar-refractivity contribution in [2.24, 2.45) is 0 Å². The third-order valence-corrected chi connectivity index (χ3v) is 3.31. The number of rotatable bonds is 2. The molecule has 0 aliphatic carbocycles. The van der Waals surface area contributed by atoms with Crippen LogP contribution in [0.3, 0.4) is 0 Å². The number of hydrogen-bond acceptors (Lipinski definition) is 5. The van der Waals surface area contributed by atoms with Gasteiger partial charge >= 0.3 is 12.1 Å². The van der Waals surface area contributed by atoms with Crippen LogP contribution >= 0.6 is 23.2 Å². The van der Waals surface area contributed by atoms with Gasteiger partial charge in [0.15, 0.2) is 17.1 Å². The first-order chi connectivity index (χ1) is 10.6. The number of nitrogens with two attached hydrogens (primary N) is 1. The summed E-state index contributed by atoms with van der Waals surface area (Å²) in [5, 5.41) is 0.0412. The lowest BCUT2D eigenvalue weighted by atomic mass is 10.3. The molecule has 0 spiro atoms. The Hall–Kier alpha value is -2.06. The monoisotopic (exact) mass is 365 g/mol. The third-order valence-electron chi connectivity index (χ3n) is 2.69. The summed E-state index contributed by atoms with van der Waals surface area (Å²) in [7, 11) is 0. The number of alkyl halides is 3. The number of esters is 1. The van der Waals surface area contributed by atoms with E-state index in [9.17, 15) is 18.0 Å². The Bertz CT molecular complexity index is 782. The molecule has 10 heteroatoms. The van der Waals surface area contributed by atoms with E-state index < -0.39 is 23.5 Å². The second kappa shape index (κ2) is 6.21. The minimum absolute atomic E-state index is 0.0311. The zero-order chi connectivity index (χ0) is 17.4. The van der Waals surface area contributed by atoms with Crippen LogP contribution in [0.1, 0.15) is 21.9 Å². The quantitative estimate of drug-likeness (QED) is 0.495. The second-order valence-corrected chi connectivity index (χ2v) is 5.20. The van der Waals surface area contributed by atoms with E-state index in [0.29, 0.717) is 0 Å². The molecule has 0 aliphatic heterocycles. The van der Waals surface area contributed by atoms with Gasteiger partial charge in [0.1, 0.15) is 0 Å². The molecule has 2 rings (SSSR count). The van der Waals surface area contributed by atoms with E-state index >= 15 is 0 Å². The Morgan fingerprint density at radius 2 is 1.91 bits per heavy atom. The fraction of sp³-hybridized carbons (Fsp3) is 0.154. The van der Waals surface area contributed by atoms with E-state index in [0.717, 1.165) is 13.1 Å². The zero-order valence-corrected chi connectivity index (χ0v) is 12.9.